The fourth-order valence-electron chi connectivity index (χ4n) is 1.34. The third-order valence-corrected chi connectivity index (χ3v) is 4.75. The maximum atomic E-state index is 12.9. The Kier molecular flexibility index (Phi) is 2.31. The number of benzene rings is 1. The summed E-state index contributed by atoms with van der Waals surface area (Å²) in [6.45, 7) is 1.85. The summed E-state index contributed by atoms with van der Waals surface area (Å²) >= 11 is 0. The minimum Gasteiger partial charge on any atom is -0.249 e. The van der Waals surface area contributed by atoms with Crippen molar-refractivity contribution < 1.29 is 8.60 Å². The highest BCUT2D eigenvalue weighted by Crippen LogP contribution is 2.25. The molecule has 1 aliphatic heterocycles. The Morgan fingerprint density at radius 1 is 1.43 bits per heavy atom. The van der Waals surface area contributed by atoms with Crippen LogP contribution in [0.25, 0.3) is 0 Å². The lowest BCUT2D eigenvalue weighted by Crippen LogP contribution is -2.23. The van der Waals surface area contributed by atoms with E-state index in [1.165, 1.54) is 12.1 Å². The second kappa shape index (κ2) is 3.35. The molecular weight excluding hydrogens is 201 g/mol. The van der Waals surface area contributed by atoms with Gasteiger partial charge in [0.25, 0.3) is 0 Å². The SMILES string of the molecule is Cc1ccc(F)cc1N=S1(=O)CCC1. The number of rotatable bonds is 1. The molecule has 2 rings (SSSR count). The van der Waals surface area contributed by atoms with Crippen LogP contribution in [0.1, 0.15) is 12.0 Å². The van der Waals surface area contributed by atoms with Gasteiger partial charge in [-0.1, -0.05) is 6.07 Å². The molecule has 0 atom stereocenters. The molecule has 0 amide bonds. The van der Waals surface area contributed by atoms with Gasteiger partial charge in [0.1, 0.15) is 5.82 Å². The van der Waals surface area contributed by atoms with Crippen LogP contribution in [0.4, 0.5) is 10.1 Å². The second-order valence-corrected chi connectivity index (χ2v) is 6.10. The van der Waals surface area contributed by atoms with Crippen molar-refractivity contribution >= 4 is 15.4 Å². The summed E-state index contributed by atoms with van der Waals surface area (Å²) in [6.07, 6.45) is 0.969. The van der Waals surface area contributed by atoms with E-state index < -0.39 is 9.73 Å². The molecule has 0 aromatic heterocycles. The van der Waals surface area contributed by atoms with Gasteiger partial charge < -0.3 is 0 Å². The molecule has 76 valence electrons. The van der Waals surface area contributed by atoms with Crippen LogP contribution in [0.15, 0.2) is 22.6 Å². The highest BCUT2D eigenvalue weighted by atomic mass is 32.2. The fourth-order valence-corrected chi connectivity index (χ4v) is 2.86. The maximum absolute atomic E-state index is 12.9. The smallest absolute Gasteiger partial charge is 0.125 e. The Bertz CT molecular complexity index is 465. The molecule has 1 heterocycles. The first kappa shape index (κ1) is 9.65. The highest BCUT2D eigenvalue weighted by molar-refractivity contribution is 7.95. The van der Waals surface area contributed by atoms with E-state index in [1.807, 2.05) is 6.92 Å². The van der Waals surface area contributed by atoms with E-state index in [2.05, 4.69) is 4.36 Å². The Morgan fingerprint density at radius 3 is 2.71 bits per heavy atom. The third-order valence-electron chi connectivity index (χ3n) is 2.36. The summed E-state index contributed by atoms with van der Waals surface area (Å²) < 4.78 is 28.8. The molecule has 0 spiro atoms. The predicted molar refractivity (Wildman–Crippen MR) is 55.7 cm³/mol. The lowest BCUT2D eigenvalue weighted by atomic mass is 10.2. The second-order valence-electron chi connectivity index (χ2n) is 3.56. The highest BCUT2D eigenvalue weighted by Gasteiger charge is 2.19. The topological polar surface area (TPSA) is 29.4 Å². The summed E-state index contributed by atoms with van der Waals surface area (Å²) in [5.41, 5.74) is 1.41. The third kappa shape index (κ3) is 1.80. The summed E-state index contributed by atoms with van der Waals surface area (Å²) in [6, 6.07) is 4.40. The minimum atomic E-state index is -2.02. The number of hydrogen-bond acceptors (Lipinski definition) is 2. The van der Waals surface area contributed by atoms with E-state index >= 15 is 0 Å². The van der Waals surface area contributed by atoms with Gasteiger partial charge in [0.15, 0.2) is 0 Å². The van der Waals surface area contributed by atoms with Crippen molar-refractivity contribution in [3.63, 3.8) is 0 Å². The minimum absolute atomic E-state index is 0.323. The normalized spacial score (nSPS) is 18.7. The first-order valence-corrected chi connectivity index (χ1v) is 6.43. The molecule has 1 saturated heterocycles. The monoisotopic (exact) mass is 213 g/mol. The van der Waals surface area contributed by atoms with Gasteiger partial charge in [-0.2, -0.15) is 4.36 Å². The van der Waals surface area contributed by atoms with Crippen LogP contribution in [0.2, 0.25) is 0 Å². The van der Waals surface area contributed by atoms with Gasteiger partial charge >= 0.3 is 0 Å². The van der Waals surface area contributed by atoms with E-state index in [0.717, 1.165) is 12.0 Å². The average molecular weight is 213 g/mol. The quantitative estimate of drug-likeness (QED) is 0.705. The van der Waals surface area contributed by atoms with Crippen LogP contribution in [0, 0.1) is 12.7 Å². The number of hydrogen-bond donors (Lipinski definition) is 0. The zero-order valence-corrected chi connectivity index (χ0v) is 8.81. The maximum Gasteiger partial charge on any atom is 0.125 e. The van der Waals surface area contributed by atoms with Gasteiger partial charge in [0, 0.05) is 17.6 Å². The largest absolute Gasteiger partial charge is 0.249 e. The predicted octanol–water partition coefficient (Wildman–Crippen LogP) is 2.64. The molecule has 0 aliphatic carbocycles. The molecule has 0 radical (unpaired) electrons. The molecule has 1 aliphatic rings. The van der Waals surface area contributed by atoms with Gasteiger partial charge in [0.05, 0.1) is 15.4 Å². The zero-order valence-electron chi connectivity index (χ0n) is 8.00. The fraction of sp³-hybridized carbons (Fsp3) is 0.400. The van der Waals surface area contributed by atoms with Crippen molar-refractivity contribution in [3.8, 4) is 0 Å². The molecule has 1 aromatic rings. The molecule has 1 fully saturated rings. The standard InChI is InChI=1S/C10H12FNOS/c1-8-3-4-9(11)7-10(8)12-14(13)5-2-6-14/h3-4,7H,2,5-6H2,1H3. The van der Waals surface area contributed by atoms with E-state index in [0.29, 0.717) is 17.2 Å². The number of nitrogens with zero attached hydrogens (tertiary/aromatic N) is 1. The van der Waals surface area contributed by atoms with Crippen LogP contribution >= 0.6 is 0 Å². The Labute approximate surface area is 83.3 Å². The Hall–Kier alpha value is -0.900. The first-order valence-electron chi connectivity index (χ1n) is 4.58. The molecule has 2 nitrogen and oxygen atoms in total. The van der Waals surface area contributed by atoms with Crippen molar-refractivity contribution in [1.82, 2.24) is 0 Å². The van der Waals surface area contributed by atoms with Crippen LogP contribution in [-0.2, 0) is 9.73 Å². The summed E-state index contributed by atoms with van der Waals surface area (Å²) in [7, 11) is -2.02. The van der Waals surface area contributed by atoms with Crippen LogP contribution in [0.3, 0.4) is 0 Å². The molecule has 0 bridgehead atoms. The summed E-state index contributed by atoms with van der Waals surface area (Å²) in [4.78, 5) is 0. The van der Waals surface area contributed by atoms with Crippen LogP contribution in [-0.4, -0.2) is 15.7 Å². The molecule has 14 heavy (non-hydrogen) atoms. The Balaban J connectivity index is 2.47. The molecule has 4 heteroatoms. The van der Waals surface area contributed by atoms with E-state index in [9.17, 15) is 8.60 Å². The van der Waals surface area contributed by atoms with Gasteiger partial charge in [-0.3, -0.25) is 0 Å². The van der Waals surface area contributed by atoms with E-state index in [1.54, 1.807) is 6.07 Å². The lowest BCUT2D eigenvalue weighted by molar-refractivity contribution is 0.627. The van der Waals surface area contributed by atoms with Crippen molar-refractivity contribution in [2.24, 2.45) is 4.36 Å². The van der Waals surface area contributed by atoms with Crippen molar-refractivity contribution in [2.75, 3.05) is 11.5 Å². The average Bonchev–Trinajstić information content (AvgIpc) is 2.09. The van der Waals surface area contributed by atoms with E-state index in [4.69, 9.17) is 0 Å². The summed E-state index contributed by atoms with van der Waals surface area (Å²) in [5.74, 6) is 0.989. The molecule has 0 unspecified atom stereocenters. The number of halogens is 1. The molecule has 1 aromatic carbocycles. The van der Waals surface area contributed by atoms with Crippen molar-refractivity contribution in [2.45, 2.75) is 13.3 Å². The first-order chi connectivity index (χ1) is 6.59. The molecule has 0 saturated carbocycles. The van der Waals surface area contributed by atoms with Gasteiger partial charge in [-0.15, -0.1) is 0 Å². The summed E-state index contributed by atoms with van der Waals surface area (Å²) in [5, 5.41) is 0. The van der Waals surface area contributed by atoms with Crippen LogP contribution < -0.4 is 0 Å². The van der Waals surface area contributed by atoms with Crippen molar-refractivity contribution in [3.05, 3.63) is 29.6 Å². The van der Waals surface area contributed by atoms with Gasteiger partial charge in [0.2, 0.25) is 0 Å². The van der Waals surface area contributed by atoms with Crippen LogP contribution in [0.5, 0.6) is 0 Å². The Morgan fingerprint density at radius 2 is 2.14 bits per heavy atom. The number of aryl methyl sites for hydroxylation is 1. The lowest BCUT2D eigenvalue weighted by Gasteiger charge is -2.18. The van der Waals surface area contributed by atoms with Crippen molar-refractivity contribution in [1.29, 1.82) is 0 Å². The van der Waals surface area contributed by atoms with Gasteiger partial charge in [-0.25, -0.2) is 8.60 Å². The molecular formula is C10H12FNOS. The molecule has 0 N–H and O–H groups in total. The van der Waals surface area contributed by atoms with Gasteiger partial charge in [-0.05, 0) is 25.0 Å². The zero-order chi connectivity index (χ0) is 10.2. The van der Waals surface area contributed by atoms with E-state index in [-0.39, 0.29) is 5.82 Å².